The van der Waals surface area contributed by atoms with E-state index in [1.165, 1.54) is 11.0 Å². The largest absolute Gasteiger partial charge is 0.507 e. The molecule has 2 saturated heterocycles. The first-order chi connectivity index (χ1) is 18.9. The Morgan fingerprint density at radius 2 is 1.74 bits per heavy atom. The second-order valence-electron chi connectivity index (χ2n) is 9.77. The summed E-state index contributed by atoms with van der Waals surface area (Å²) in [6, 6.07) is 19.6. The number of aliphatic hydroxyl groups is 1. The SMILES string of the molecule is Cc1cccc(COc2ccc(/C(O)=C3\C(=O)C(=O)N(CCN4CCOCC4)[C@H]3c3ccccc3F)cc2)c1. The minimum atomic E-state index is -1.04. The van der Waals surface area contributed by atoms with Crippen LogP contribution >= 0.6 is 0 Å². The molecule has 1 amide bonds. The van der Waals surface area contributed by atoms with E-state index in [1.54, 1.807) is 42.5 Å². The van der Waals surface area contributed by atoms with Gasteiger partial charge in [0.25, 0.3) is 11.7 Å². The molecule has 2 aliphatic rings. The molecule has 5 rings (SSSR count). The smallest absolute Gasteiger partial charge is 0.295 e. The number of aryl methyl sites for hydroxylation is 1. The Labute approximate surface area is 227 Å². The fourth-order valence-electron chi connectivity index (χ4n) is 5.04. The van der Waals surface area contributed by atoms with Gasteiger partial charge in [0.15, 0.2) is 0 Å². The zero-order chi connectivity index (χ0) is 27.4. The van der Waals surface area contributed by atoms with Gasteiger partial charge in [0.2, 0.25) is 0 Å². The van der Waals surface area contributed by atoms with E-state index in [9.17, 15) is 14.7 Å². The molecule has 2 heterocycles. The minimum absolute atomic E-state index is 0.125. The van der Waals surface area contributed by atoms with Crippen LogP contribution in [0.2, 0.25) is 0 Å². The molecule has 0 radical (unpaired) electrons. The lowest BCUT2D eigenvalue weighted by Crippen LogP contribution is -2.42. The summed E-state index contributed by atoms with van der Waals surface area (Å²) < 4.78 is 26.3. The maximum atomic E-state index is 15.0. The summed E-state index contributed by atoms with van der Waals surface area (Å²) >= 11 is 0. The summed E-state index contributed by atoms with van der Waals surface area (Å²) in [5.41, 5.74) is 2.55. The molecule has 0 bridgehead atoms. The van der Waals surface area contributed by atoms with E-state index in [2.05, 4.69) is 4.90 Å². The third-order valence-electron chi connectivity index (χ3n) is 7.12. The van der Waals surface area contributed by atoms with Crippen LogP contribution in [0.3, 0.4) is 0 Å². The van der Waals surface area contributed by atoms with E-state index in [0.29, 0.717) is 50.8 Å². The number of carbonyl (C=O) groups is 2. The average Bonchev–Trinajstić information content (AvgIpc) is 3.20. The highest BCUT2D eigenvalue weighted by molar-refractivity contribution is 6.46. The molecule has 2 aliphatic heterocycles. The van der Waals surface area contributed by atoms with Gasteiger partial charge < -0.3 is 19.5 Å². The van der Waals surface area contributed by atoms with Gasteiger partial charge in [0.05, 0.1) is 24.8 Å². The number of morpholine rings is 1. The summed E-state index contributed by atoms with van der Waals surface area (Å²) in [5.74, 6) is -1.89. The monoisotopic (exact) mass is 530 g/mol. The van der Waals surface area contributed by atoms with Gasteiger partial charge in [-0.15, -0.1) is 0 Å². The van der Waals surface area contributed by atoms with Crippen molar-refractivity contribution in [1.82, 2.24) is 9.80 Å². The van der Waals surface area contributed by atoms with E-state index in [-0.39, 0.29) is 23.4 Å². The standard InChI is InChI=1S/C31H31FN2O5/c1-21-5-4-6-22(19-21)20-39-24-11-9-23(10-12-24)29(35)27-28(25-7-2-3-8-26(25)32)34(31(37)30(27)36)14-13-33-15-17-38-18-16-33/h2-12,19,28,35H,13-18,20H2,1H3/b29-27+/t28-/m0/s1. The lowest BCUT2D eigenvalue weighted by Gasteiger charge is -2.31. The third-order valence-corrected chi connectivity index (χ3v) is 7.12. The number of benzene rings is 3. The molecule has 1 N–H and O–H groups in total. The van der Waals surface area contributed by atoms with Crippen molar-refractivity contribution < 1.29 is 28.6 Å². The van der Waals surface area contributed by atoms with Crippen LogP contribution in [-0.2, 0) is 20.9 Å². The van der Waals surface area contributed by atoms with Crippen molar-refractivity contribution in [3.8, 4) is 5.75 Å². The number of hydrogen-bond donors (Lipinski definition) is 1. The molecule has 0 unspecified atom stereocenters. The normalized spacial score (nSPS) is 19.4. The van der Waals surface area contributed by atoms with Gasteiger partial charge in [-0.3, -0.25) is 14.5 Å². The number of likely N-dealkylation sites (tertiary alicyclic amines) is 1. The number of halogens is 1. The number of Topliss-reactive ketones (excluding diaryl/α,β-unsaturated/α-hetero) is 1. The first kappa shape index (κ1) is 26.6. The van der Waals surface area contributed by atoms with Crippen molar-refractivity contribution >= 4 is 17.4 Å². The summed E-state index contributed by atoms with van der Waals surface area (Å²) in [7, 11) is 0. The first-order valence-corrected chi connectivity index (χ1v) is 13.0. The Hall–Kier alpha value is -4.01. The summed E-state index contributed by atoms with van der Waals surface area (Å²) in [6.07, 6.45) is 0. The van der Waals surface area contributed by atoms with E-state index in [4.69, 9.17) is 9.47 Å². The second kappa shape index (κ2) is 11.8. The van der Waals surface area contributed by atoms with Gasteiger partial charge in [-0.25, -0.2) is 4.39 Å². The Balaban J connectivity index is 1.42. The van der Waals surface area contributed by atoms with Crippen molar-refractivity contribution in [1.29, 1.82) is 0 Å². The number of amides is 1. The van der Waals surface area contributed by atoms with Crippen molar-refractivity contribution in [3.05, 3.63) is 106 Å². The Morgan fingerprint density at radius 1 is 1.00 bits per heavy atom. The fourth-order valence-corrected chi connectivity index (χ4v) is 5.04. The lowest BCUT2D eigenvalue weighted by molar-refractivity contribution is -0.140. The Kier molecular flexibility index (Phi) is 8.05. The van der Waals surface area contributed by atoms with E-state index in [0.717, 1.165) is 11.1 Å². The van der Waals surface area contributed by atoms with Gasteiger partial charge in [-0.1, -0.05) is 48.0 Å². The molecule has 202 valence electrons. The van der Waals surface area contributed by atoms with Gasteiger partial charge >= 0.3 is 0 Å². The quantitative estimate of drug-likeness (QED) is 0.263. The molecule has 7 nitrogen and oxygen atoms in total. The summed E-state index contributed by atoms with van der Waals surface area (Å²) in [4.78, 5) is 29.9. The molecule has 1 atom stereocenters. The van der Waals surface area contributed by atoms with Gasteiger partial charge in [-0.05, 0) is 42.8 Å². The molecule has 0 aromatic heterocycles. The molecule has 0 aliphatic carbocycles. The van der Waals surface area contributed by atoms with E-state index < -0.39 is 23.5 Å². The highest BCUT2D eigenvalue weighted by atomic mass is 19.1. The van der Waals surface area contributed by atoms with E-state index in [1.807, 2.05) is 31.2 Å². The van der Waals surface area contributed by atoms with Crippen LogP contribution < -0.4 is 4.74 Å². The molecular weight excluding hydrogens is 499 g/mol. The summed E-state index contributed by atoms with van der Waals surface area (Å²) in [5, 5.41) is 11.3. The van der Waals surface area contributed by atoms with Gasteiger partial charge in [-0.2, -0.15) is 0 Å². The van der Waals surface area contributed by atoms with Crippen molar-refractivity contribution in [2.45, 2.75) is 19.6 Å². The maximum Gasteiger partial charge on any atom is 0.295 e. The molecule has 3 aromatic carbocycles. The van der Waals surface area contributed by atoms with Crippen LogP contribution in [0.4, 0.5) is 4.39 Å². The predicted octanol–water partition coefficient (Wildman–Crippen LogP) is 4.47. The first-order valence-electron chi connectivity index (χ1n) is 13.0. The molecule has 39 heavy (non-hydrogen) atoms. The highest BCUT2D eigenvalue weighted by Crippen LogP contribution is 2.40. The average molecular weight is 531 g/mol. The number of hydrogen-bond acceptors (Lipinski definition) is 6. The van der Waals surface area contributed by atoms with Crippen LogP contribution in [0.25, 0.3) is 5.76 Å². The predicted molar refractivity (Wildman–Crippen MR) is 145 cm³/mol. The Bertz CT molecular complexity index is 1380. The third kappa shape index (κ3) is 5.87. The zero-order valence-corrected chi connectivity index (χ0v) is 21.8. The minimum Gasteiger partial charge on any atom is -0.507 e. The zero-order valence-electron chi connectivity index (χ0n) is 21.8. The van der Waals surface area contributed by atoms with Crippen LogP contribution in [0, 0.1) is 12.7 Å². The molecule has 3 aromatic rings. The second-order valence-corrected chi connectivity index (χ2v) is 9.77. The number of nitrogens with zero attached hydrogens (tertiary/aromatic N) is 2. The number of ketones is 1. The number of ether oxygens (including phenoxy) is 2. The molecular formula is C31H31FN2O5. The van der Waals surface area contributed by atoms with Crippen LogP contribution in [-0.4, -0.2) is 66.0 Å². The van der Waals surface area contributed by atoms with Gasteiger partial charge in [0.1, 0.15) is 23.9 Å². The lowest BCUT2D eigenvalue weighted by atomic mass is 9.95. The molecule has 2 fully saturated rings. The number of aliphatic hydroxyl groups excluding tert-OH is 1. The van der Waals surface area contributed by atoms with Crippen molar-refractivity contribution in [3.63, 3.8) is 0 Å². The van der Waals surface area contributed by atoms with Crippen LogP contribution in [0.15, 0.2) is 78.4 Å². The summed E-state index contributed by atoms with van der Waals surface area (Å²) in [6.45, 7) is 5.75. The topological polar surface area (TPSA) is 79.3 Å². The Morgan fingerprint density at radius 3 is 2.46 bits per heavy atom. The van der Waals surface area contributed by atoms with Crippen molar-refractivity contribution in [2.75, 3.05) is 39.4 Å². The fraction of sp³-hybridized carbons (Fsp3) is 0.290. The van der Waals surface area contributed by atoms with Gasteiger partial charge in [0, 0.05) is 37.3 Å². The number of rotatable bonds is 8. The van der Waals surface area contributed by atoms with E-state index >= 15 is 4.39 Å². The van der Waals surface area contributed by atoms with Crippen LogP contribution in [0.5, 0.6) is 5.75 Å². The van der Waals surface area contributed by atoms with Crippen LogP contribution in [0.1, 0.15) is 28.3 Å². The molecule has 0 spiro atoms. The number of carbonyl (C=O) groups excluding carboxylic acids is 2. The highest BCUT2D eigenvalue weighted by Gasteiger charge is 2.46. The maximum absolute atomic E-state index is 15.0. The van der Waals surface area contributed by atoms with Crippen molar-refractivity contribution in [2.24, 2.45) is 0 Å². The molecule has 8 heteroatoms. The molecule has 0 saturated carbocycles.